The Kier molecular flexibility index (Phi) is 6.80. The van der Waals surface area contributed by atoms with Crippen LogP contribution in [0.2, 0.25) is 0 Å². The first-order valence-electron chi connectivity index (χ1n) is 8.13. The molecule has 2 aromatic rings. The van der Waals surface area contributed by atoms with E-state index in [0.29, 0.717) is 5.82 Å². The summed E-state index contributed by atoms with van der Waals surface area (Å²) in [5.74, 6) is 0.452. The summed E-state index contributed by atoms with van der Waals surface area (Å²) in [4.78, 5) is 17.2. The highest BCUT2D eigenvalue weighted by molar-refractivity contribution is 7.10. The van der Waals surface area contributed by atoms with E-state index in [2.05, 4.69) is 17.2 Å². The van der Waals surface area contributed by atoms with Crippen LogP contribution in [0.4, 0.5) is 0 Å². The van der Waals surface area contributed by atoms with Gasteiger partial charge in [-0.25, -0.2) is 4.98 Å². The molecule has 2 N–H and O–H groups in total. The first-order chi connectivity index (χ1) is 11.1. The van der Waals surface area contributed by atoms with Gasteiger partial charge in [-0.3, -0.25) is 4.79 Å². The Labute approximate surface area is 141 Å². The van der Waals surface area contributed by atoms with Gasteiger partial charge >= 0.3 is 0 Å². The fourth-order valence-electron chi connectivity index (χ4n) is 2.52. The van der Waals surface area contributed by atoms with Gasteiger partial charge in [0.1, 0.15) is 18.5 Å². The number of nitrogens with zero attached hydrogens (tertiary/aromatic N) is 2. The largest absolute Gasteiger partial charge is 0.380 e. The highest BCUT2D eigenvalue weighted by Gasteiger charge is 2.18. The van der Waals surface area contributed by atoms with E-state index >= 15 is 0 Å². The predicted octanol–water partition coefficient (Wildman–Crippen LogP) is 3.11. The molecule has 0 aliphatic carbocycles. The Morgan fingerprint density at radius 3 is 3.00 bits per heavy atom. The Bertz CT molecular complexity index is 595. The van der Waals surface area contributed by atoms with Gasteiger partial charge in [0.15, 0.2) is 0 Å². The average molecular weight is 335 g/mol. The SMILES string of the molecule is CCCCC[C@H](C)NC(=O)Cn1ccnc1[C@@H](O)c1cccs1. The van der Waals surface area contributed by atoms with Crippen molar-refractivity contribution in [2.75, 3.05) is 0 Å². The van der Waals surface area contributed by atoms with Crippen molar-refractivity contribution < 1.29 is 9.90 Å². The third-order valence-corrected chi connectivity index (χ3v) is 4.69. The van der Waals surface area contributed by atoms with Gasteiger partial charge in [-0.15, -0.1) is 11.3 Å². The average Bonchev–Trinajstić information content (AvgIpc) is 3.18. The van der Waals surface area contributed by atoms with Crippen molar-refractivity contribution in [3.63, 3.8) is 0 Å². The smallest absolute Gasteiger partial charge is 0.240 e. The molecule has 0 fully saturated rings. The van der Waals surface area contributed by atoms with E-state index in [1.54, 1.807) is 17.0 Å². The molecule has 0 bridgehead atoms. The number of aliphatic hydroxyl groups is 1. The number of hydrogen-bond acceptors (Lipinski definition) is 4. The lowest BCUT2D eigenvalue weighted by atomic mass is 10.1. The van der Waals surface area contributed by atoms with E-state index in [1.807, 2.05) is 24.4 Å². The number of imidazole rings is 1. The molecule has 0 saturated heterocycles. The standard InChI is InChI=1S/C17H25N3O2S/c1-3-4-5-7-13(2)19-15(21)12-20-10-9-18-17(20)16(22)14-8-6-11-23-14/h6,8-11,13,16,22H,3-5,7,12H2,1-2H3,(H,19,21)/t13-,16-/m0/s1. The summed E-state index contributed by atoms with van der Waals surface area (Å²) >= 11 is 1.47. The van der Waals surface area contributed by atoms with Gasteiger partial charge in [0.05, 0.1) is 0 Å². The zero-order chi connectivity index (χ0) is 16.7. The van der Waals surface area contributed by atoms with Crippen LogP contribution in [0.15, 0.2) is 29.9 Å². The number of nitrogens with one attached hydrogen (secondary N) is 1. The van der Waals surface area contributed by atoms with E-state index in [1.165, 1.54) is 24.2 Å². The van der Waals surface area contributed by atoms with Gasteiger partial charge in [-0.05, 0) is 24.8 Å². The zero-order valence-electron chi connectivity index (χ0n) is 13.7. The van der Waals surface area contributed by atoms with Crippen LogP contribution >= 0.6 is 11.3 Å². The van der Waals surface area contributed by atoms with Crippen LogP contribution in [-0.2, 0) is 11.3 Å². The maximum Gasteiger partial charge on any atom is 0.240 e. The molecule has 2 rings (SSSR count). The van der Waals surface area contributed by atoms with Gasteiger partial charge in [-0.2, -0.15) is 0 Å². The molecule has 0 radical (unpaired) electrons. The molecule has 23 heavy (non-hydrogen) atoms. The number of rotatable bonds is 9. The summed E-state index contributed by atoms with van der Waals surface area (Å²) < 4.78 is 1.71. The topological polar surface area (TPSA) is 67.2 Å². The maximum atomic E-state index is 12.2. The van der Waals surface area contributed by atoms with Gasteiger partial charge < -0.3 is 15.0 Å². The first-order valence-corrected chi connectivity index (χ1v) is 9.01. The second kappa shape index (κ2) is 8.84. The molecule has 5 nitrogen and oxygen atoms in total. The number of carbonyl (C=O) groups is 1. The lowest BCUT2D eigenvalue weighted by Crippen LogP contribution is -2.35. The Morgan fingerprint density at radius 2 is 2.30 bits per heavy atom. The first kappa shape index (κ1) is 17.7. The second-order valence-corrected chi connectivity index (χ2v) is 6.77. The van der Waals surface area contributed by atoms with E-state index in [-0.39, 0.29) is 18.5 Å². The third-order valence-electron chi connectivity index (χ3n) is 3.77. The molecule has 0 aromatic carbocycles. The number of thiophene rings is 1. The molecular weight excluding hydrogens is 310 g/mol. The minimum absolute atomic E-state index is 0.0494. The van der Waals surface area contributed by atoms with E-state index < -0.39 is 6.10 Å². The number of amides is 1. The number of carbonyl (C=O) groups excluding carboxylic acids is 1. The van der Waals surface area contributed by atoms with Crippen molar-refractivity contribution in [2.45, 2.75) is 58.2 Å². The molecule has 2 heterocycles. The maximum absolute atomic E-state index is 12.2. The summed E-state index contributed by atoms with van der Waals surface area (Å²) in [6.45, 7) is 4.38. The number of aromatic nitrogens is 2. The van der Waals surface area contributed by atoms with Gasteiger partial charge in [0, 0.05) is 23.3 Å². The van der Waals surface area contributed by atoms with Crippen molar-refractivity contribution in [2.24, 2.45) is 0 Å². The minimum atomic E-state index is -0.792. The quantitative estimate of drug-likeness (QED) is 0.692. The van der Waals surface area contributed by atoms with Crippen molar-refractivity contribution >= 4 is 17.2 Å². The van der Waals surface area contributed by atoms with Crippen molar-refractivity contribution in [3.8, 4) is 0 Å². The van der Waals surface area contributed by atoms with Crippen LogP contribution in [0.1, 0.15) is 56.3 Å². The summed E-state index contributed by atoms with van der Waals surface area (Å²) in [6, 6.07) is 3.93. The summed E-state index contributed by atoms with van der Waals surface area (Å²) in [5, 5.41) is 15.3. The van der Waals surface area contributed by atoms with Crippen LogP contribution in [0, 0.1) is 0 Å². The fourth-order valence-corrected chi connectivity index (χ4v) is 3.23. The minimum Gasteiger partial charge on any atom is -0.380 e. The molecule has 126 valence electrons. The van der Waals surface area contributed by atoms with E-state index in [9.17, 15) is 9.90 Å². The molecular formula is C17H25N3O2S. The summed E-state index contributed by atoms with van der Waals surface area (Å²) in [7, 11) is 0. The van der Waals surface area contributed by atoms with Gasteiger partial charge in [-0.1, -0.05) is 32.3 Å². The lowest BCUT2D eigenvalue weighted by Gasteiger charge is -2.16. The molecule has 1 amide bonds. The number of aliphatic hydroxyl groups excluding tert-OH is 1. The molecule has 0 aliphatic rings. The number of unbranched alkanes of at least 4 members (excludes halogenated alkanes) is 2. The molecule has 0 unspecified atom stereocenters. The highest BCUT2D eigenvalue weighted by Crippen LogP contribution is 2.24. The van der Waals surface area contributed by atoms with Crippen LogP contribution in [-0.4, -0.2) is 26.6 Å². The van der Waals surface area contributed by atoms with Crippen molar-refractivity contribution in [1.82, 2.24) is 14.9 Å². The van der Waals surface area contributed by atoms with Crippen molar-refractivity contribution in [1.29, 1.82) is 0 Å². The van der Waals surface area contributed by atoms with Crippen LogP contribution in [0.5, 0.6) is 0 Å². The third kappa shape index (κ3) is 5.18. The van der Waals surface area contributed by atoms with E-state index in [4.69, 9.17) is 0 Å². The molecule has 0 aliphatic heterocycles. The summed E-state index contributed by atoms with van der Waals surface area (Å²) in [5.41, 5.74) is 0. The van der Waals surface area contributed by atoms with Crippen LogP contribution in [0.3, 0.4) is 0 Å². The van der Waals surface area contributed by atoms with E-state index in [0.717, 1.165) is 17.7 Å². The fraction of sp³-hybridized carbons (Fsp3) is 0.529. The zero-order valence-corrected chi connectivity index (χ0v) is 14.6. The molecule has 0 spiro atoms. The Balaban J connectivity index is 1.91. The molecule has 6 heteroatoms. The van der Waals surface area contributed by atoms with Crippen LogP contribution in [0.25, 0.3) is 0 Å². The monoisotopic (exact) mass is 335 g/mol. The van der Waals surface area contributed by atoms with Gasteiger partial charge in [0.2, 0.25) is 5.91 Å². The molecule has 2 aromatic heterocycles. The molecule has 0 saturated carbocycles. The highest BCUT2D eigenvalue weighted by atomic mass is 32.1. The van der Waals surface area contributed by atoms with Gasteiger partial charge in [0.25, 0.3) is 0 Å². The second-order valence-electron chi connectivity index (χ2n) is 5.80. The molecule has 2 atom stereocenters. The Hall–Kier alpha value is -1.66. The normalized spacial score (nSPS) is 13.7. The summed E-state index contributed by atoms with van der Waals surface area (Å²) in [6.07, 6.45) is 7.05. The van der Waals surface area contributed by atoms with Crippen LogP contribution < -0.4 is 5.32 Å². The van der Waals surface area contributed by atoms with Crippen molar-refractivity contribution in [3.05, 3.63) is 40.6 Å². The Morgan fingerprint density at radius 1 is 1.48 bits per heavy atom. The predicted molar refractivity (Wildman–Crippen MR) is 92.4 cm³/mol. The lowest BCUT2D eigenvalue weighted by molar-refractivity contribution is -0.122. The number of hydrogen-bond donors (Lipinski definition) is 2.